The summed E-state index contributed by atoms with van der Waals surface area (Å²) in [5, 5.41) is 2.25. The Morgan fingerprint density at radius 2 is 0.895 bits per heavy atom. The summed E-state index contributed by atoms with van der Waals surface area (Å²) in [5.74, 6) is 0. The summed E-state index contributed by atoms with van der Waals surface area (Å²) in [6, 6.07) is 81.4. The van der Waals surface area contributed by atoms with E-state index in [0.29, 0.717) is 0 Å². The maximum Gasteiger partial charge on any atom is 0.135 e. The van der Waals surface area contributed by atoms with E-state index in [-0.39, 0.29) is 0 Å². The number of furan rings is 1. The quantitative estimate of drug-likeness (QED) is 0.163. The van der Waals surface area contributed by atoms with Gasteiger partial charge in [0.05, 0.1) is 5.41 Å². The molecule has 0 fully saturated rings. The van der Waals surface area contributed by atoms with Gasteiger partial charge in [-0.3, -0.25) is 0 Å². The number of hydrogen-bond acceptors (Lipinski definition) is 2. The van der Waals surface area contributed by atoms with Crippen LogP contribution in [0.3, 0.4) is 0 Å². The molecule has 1 aliphatic carbocycles. The van der Waals surface area contributed by atoms with Crippen LogP contribution in [0, 0.1) is 0 Å². The fourth-order valence-electron chi connectivity index (χ4n) is 9.18. The fraction of sp³-hybridized carbons (Fsp3) is 0.0182. The lowest BCUT2D eigenvalue weighted by atomic mass is 9.67. The van der Waals surface area contributed by atoms with Crippen LogP contribution in [-0.2, 0) is 5.41 Å². The molecule has 9 aromatic carbocycles. The van der Waals surface area contributed by atoms with E-state index in [2.05, 4.69) is 223 Å². The highest BCUT2D eigenvalue weighted by Crippen LogP contribution is 2.57. The number of nitrogens with zero attached hydrogens (tertiary/aromatic N) is 1. The monoisotopic (exact) mass is 727 g/mol. The summed E-state index contributed by atoms with van der Waals surface area (Å²) in [4.78, 5) is 2.41. The average molecular weight is 728 g/mol. The van der Waals surface area contributed by atoms with Crippen LogP contribution in [-0.4, -0.2) is 0 Å². The molecule has 0 spiro atoms. The number of hydrogen-bond donors (Lipinski definition) is 0. The van der Waals surface area contributed by atoms with Crippen molar-refractivity contribution >= 4 is 39.0 Å². The first-order valence-electron chi connectivity index (χ1n) is 19.6. The summed E-state index contributed by atoms with van der Waals surface area (Å²) in [6.45, 7) is 0. The average Bonchev–Trinajstić information content (AvgIpc) is 3.81. The highest BCUT2D eigenvalue weighted by molar-refractivity contribution is 6.05. The van der Waals surface area contributed by atoms with Crippen molar-refractivity contribution in [3.8, 4) is 33.4 Å². The molecule has 0 radical (unpaired) electrons. The molecule has 1 aromatic heterocycles. The molecule has 0 amide bonds. The number of anilines is 3. The Morgan fingerprint density at radius 1 is 0.316 bits per heavy atom. The van der Waals surface area contributed by atoms with E-state index >= 15 is 0 Å². The van der Waals surface area contributed by atoms with Crippen LogP contribution in [0.4, 0.5) is 17.1 Å². The minimum atomic E-state index is -0.593. The van der Waals surface area contributed by atoms with Crippen molar-refractivity contribution < 1.29 is 4.42 Å². The highest BCUT2D eigenvalue weighted by atomic mass is 16.3. The maximum atomic E-state index is 6.37. The smallest absolute Gasteiger partial charge is 0.135 e. The molecule has 2 nitrogen and oxygen atoms in total. The molecule has 11 rings (SSSR count). The second-order valence-electron chi connectivity index (χ2n) is 14.9. The van der Waals surface area contributed by atoms with Crippen LogP contribution >= 0.6 is 0 Å². The van der Waals surface area contributed by atoms with Crippen molar-refractivity contribution in [2.45, 2.75) is 5.41 Å². The predicted octanol–water partition coefficient (Wildman–Crippen LogP) is 14.8. The molecule has 0 aliphatic heterocycles. The van der Waals surface area contributed by atoms with Gasteiger partial charge in [0.2, 0.25) is 0 Å². The van der Waals surface area contributed by atoms with Crippen LogP contribution < -0.4 is 4.90 Å². The molecule has 0 saturated carbocycles. The van der Waals surface area contributed by atoms with Gasteiger partial charge in [-0.25, -0.2) is 0 Å². The third-order valence-corrected chi connectivity index (χ3v) is 11.7. The Labute approximate surface area is 332 Å². The topological polar surface area (TPSA) is 16.4 Å². The summed E-state index contributed by atoms with van der Waals surface area (Å²) >= 11 is 0. The summed E-state index contributed by atoms with van der Waals surface area (Å²) < 4.78 is 6.37. The Balaban J connectivity index is 1.16. The van der Waals surface area contributed by atoms with Crippen LogP contribution in [0.25, 0.3) is 55.3 Å². The van der Waals surface area contributed by atoms with Crippen molar-refractivity contribution in [1.29, 1.82) is 0 Å². The first-order valence-corrected chi connectivity index (χ1v) is 19.6. The molecule has 57 heavy (non-hydrogen) atoms. The number of fused-ring (bicyclic) bond motifs is 6. The second kappa shape index (κ2) is 13.4. The molecule has 1 heterocycles. The Morgan fingerprint density at radius 3 is 1.68 bits per heavy atom. The summed E-state index contributed by atoms with van der Waals surface area (Å²) in [6.07, 6.45) is 0. The van der Waals surface area contributed by atoms with E-state index in [1.165, 1.54) is 55.6 Å². The van der Waals surface area contributed by atoms with Gasteiger partial charge in [-0.05, 0) is 110 Å². The van der Waals surface area contributed by atoms with E-state index < -0.39 is 5.41 Å². The van der Waals surface area contributed by atoms with Crippen molar-refractivity contribution in [2.75, 3.05) is 4.90 Å². The summed E-state index contributed by atoms with van der Waals surface area (Å²) in [5.41, 5.74) is 16.7. The van der Waals surface area contributed by atoms with Crippen molar-refractivity contribution in [1.82, 2.24) is 0 Å². The zero-order valence-corrected chi connectivity index (χ0v) is 31.2. The lowest BCUT2D eigenvalue weighted by Gasteiger charge is -2.35. The SMILES string of the molecule is c1ccc(-c2ccc(N(c3cccc(-c4ccccc4)c3)c3ccc4c(c3)C(c3ccccc3)(c3ccc5oc6ccccc6c5c3)c3ccccc3-4)cc2)cc1. The van der Waals surface area contributed by atoms with E-state index in [4.69, 9.17) is 4.42 Å². The molecule has 268 valence electrons. The summed E-state index contributed by atoms with van der Waals surface area (Å²) in [7, 11) is 0. The number of rotatable bonds is 7. The van der Waals surface area contributed by atoms with E-state index in [1.54, 1.807) is 0 Å². The largest absolute Gasteiger partial charge is 0.456 e. The van der Waals surface area contributed by atoms with Gasteiger partial charge in [-0.1, -0.05) is 170 Å². The van der Waals surface area contributed by atoms with Crippen LogP contribution in [0.5, 0.6) is 0 Å². The number of para-hydroxylation sites is 1. The molecule has 0 bridgehead atoms. The third kappa shape index (κ3) is 5.33. The molecular weight excluding hydrogens is 691 g/mol. The van der Waals surface area contributed by atoms with Gasteiger partial charge in [0.15, 0.2) is 0 Å². The lowest BCUT2D eigenvalue weighted by molar-refractivity contribution is 0.668. The third-order valence-electron chi connectivity index (χ3n) is 11.7. The first kappa shape index (κ1) is 33.0. The van der Waals surface area contributed by atoms with Gasteiger partial charge < -0.3 is 9.32 Å². The van der Waals surface area contributed by atoms with Crippen LogP contribution in [0.2, 0.25) is 0 Å². The zero-order chi connectivity index (χ0) is 37.8. The van der Waals surface area contributed by atoms with Crippen LogP contribution in [0.1, 0.15) is 22.3 Å². The van der Waals surface area contributed by atoms with Crippen molar-refractivity contribution in [3.05, 3.63) is 247 Å². The molecule has 0 saturated heterocycles. The van der Waals surface area contributed by atoms with E-state index in [0.717, 1.165) is 39.0 Å². The van der Waals surface area contributed by atoms with Gasteiger partial charge >= 0.3 is 0 Å². The normalized spacial score (nSPS) is 14.4. The Hall–Kier alpha value is -7.42. The highest BCUT2D eigenvalue weighted by Gasteiger charge is 2.46. The first-order chi connectivity index (χ1) is 28.3. The predicted molar refractivity (Wildman–Crippen MR) is 237 cm³/mol. The van der Waals surface area contributed by atoms with Gasteiger partial charge in [0.1, 0.15) is 11.2 Å². The van der Waals surface area contributed by atoms with Crippen molar-refractivity contribution in [2.24, 2.45) is 0 Å². The van der Waals surface area contributed by atoms with Gasteiger partial charge in [-0.15, -0.1) is 0 Å². The van der Waals surface area contributed by atoms with E-state index in [1.807, 2.05) is 6.07 Å². The molecule has 10 aromatic rings. The molecule has 2 heteroatoms. The second-order valence-corrected chi connectivity index (χ2v) is 14.9. The van der Waals surface area contributed by atoms with Crippen molar-refractivity contribution in [3.63, 3.8) is 0 Å². The van der Waals surface area contributed by atoms with Gasteiger partial charge in [-0.2, -0.15) is 0 Å². The Bertz CT molecular complexity index is 3060. The molecule has 1 aliphatic rings. The Kier molecular flexibility index (Phi) is 7.75. The fourth-order valence-corrected chi connectivity index (χ4v) is 9.18. The van der Waals surface area contributed by atoms with Crippen LogP contribution in [0.15, 0.2) is 229 Å². The molecule has 0 N–H and O–H groups in total. The standard InChI is InChI=1S/C55H37NO/c1-4-15-38(16-5-1)40-27-30-44(31-28-40)56(45-22-14-19-41(35-45)39-17-6-2-7-18-39)46-32-33-48-47-23-10-12-25-51(47)55(52(48)37-46,42-20-8-3-9-21-42)43-29-34-54-50(36-43)49-24-11-13-26-53(49)57-54/h1-37H. The minimum Gasteiger partial charge on any atom is -0.456 e. The van der Waals surface area contributed by atoms with Gasteiger partial charge in [0.25, 0.3) is 0 Å². The minimum absolute atomic E-state index is 0.593. The lowest BCUT2D eigenvalue weighted by Crippen LogP contribution is -2.28. The zero-order valence-electron chi connectivity index (χ0n) is 31.2. The van der Waals surface area contributed by atoms with E-state index in [9.17, 15) is 0 Å². The molecular formula is C55H37NO. The molecule has 1 atom stereocenters. The maximum absolute atomic E-state index is 6.37. The van der Waals surface area contributed by atoms with Gasteiger partial charge in [0, 0.05) is 27.8 Å². The number of benzene rings is 9. The molecule has 1 unspecified atom stereocenters.